The Morgan fingerprint density at radius 3 is 2.64 bits per heavy atom. The van der Waals surface area contributed by atoms with Crippen LogP contribution in [0.25, 0.3) is 0 Å². The summed E-state index contributed by atoms with van der Waals surface area (Å²) in [6.07, 6.45) is 6.48. The van der Waals surface area contributed by atoms with Crippen molar-refractivity contribution < 1.29 is 19.1 Å². The number of pyridine rings is 1. The number of rotatable bonds is 4. The smallest absolute Gasteiger partial charge is 0.276 e. The molecule has 2 fully saturated rings. The van der Waals surface area contributed by atoms with Gasteiger partial charge in [-0.3, -0.25) is 10.0 Å². The summed E-state index contributed by atoms with van der Waals surface area (Å²) in [5.41, 5.74) is 2.67. The lowest BCUT2D eigenvalue weighted by atomic mass is 9.83. The van der Waals surface area contributed by atoms with E-state index in [0.29, 0.717) is 11.7 Å². The molecule has 1 amide bonds. The topological polar surface area (TPSA) is 71.5 Å². The first-order valence-electron chi connectivity index (χ1n) is 8.52. The molecule has 2 N–H and O–H groups in total. The fraction of sp³-hybridized carbons (Fsp3) is 0.368. The number of benzene rings is 1. The Labute approximate surface area is 144 Å². The second kappa shape index (κ2) is 6.44. The zero-order valence-corrected chi connectivity index (χ0v) is 13.6. The molecule has 0 spiro atoms. The predicted octanol–water partition coefficient (Wildman–Crippen LogP) is 4.04. The lowest BCUT2D eigenvalue weighted by Gasteiger charge is -2.22. The van der Waals surface area contributed by atoms with Gasteiger partial charge in [0.1, 0.15) is 5.75 Å². The van der Waals surface area contributed by atoms with Crippen molar-refractivity contribution in [2.75, 3.05) is 0 Å². The van der Waals surface area contributed by atoms with Gasteiger partial charge in [0.05, 0.1) is 5.56 Å². The van der Waals surface area contributed by atoms with E-state index in [2.05, 4.69) is 4.98 Å². The van der Waals surface area contributed by atoms with Gasteiger partial charge in [-0.15, -0.1) is 0 Å². The average molecular weight is 342 g/mol. The van der Waals surface area contributed by atoms with Gasteiger partial charge < -0.3 is 4.74 Å². The Morgan fingerprint density at radius 2 is 2.04 bits per heavy atom. The molecule has 2 aliphatic carbocycles. The summed E-state index contributed by atoms with van der Waals surface area (Å²) < 4.78 is 19.5. The average Bonchev–Trinajstić information content (AvgIpc) is 3.27. The number of hydroxylamine groups is 1. The predicted molar refractivity (Wildman–Crippen MR) is 88.2 cm³/mol. The van der Waals surface area contributed by atoms with Gasteiger partial charge in [-0.2, -0.15) is 0 Å². The fourth-order valence-corrected chi connectivity index (χ4v) is 4.24. The molecular weight excluding hydrogens is 323 g/mol. The summed E-state index contributed by atoms with van der Waals surface area (Å²) in [6, 6.07) is 8.73. The molecule has 1 aromatic carbocycles. The molecule has 2 unspecified atom stereocenters. The third kappa shape index (κ3) is 3.09. The molecule has 6 heteroatoms. The molecule has 2 bridgehead atoms. The van der Waals surface area contributed by atoms with Crippen LogP contribution in [0.5, 0.6) is 11.6 Å². The van der Waals surface area contributed by atoms with Crippen molar-refractivity contribution in [3.8, 4) is 11.6 Å². The van der Waals surface area contributed by atoms with E-state index in [1.807, 2.05) is 24.3 Å². The van der Waals surface area contributed by atoms with Gasteiger partial charge in [0.25, 0.3) is 11.8 Å². The maximum atomic E-state index is 14.0. The highest BCUT2D eigenvalue weighted by molar-refractivity contribution is 5.93. The third-order valence-electron chi connectivity index (χ3n) is 5.43. The van der Waals surface area contributed by atoms with E-state index >= 15 is 0 Å². The molecule has 0 aliphatic heterocycles. The minimum absolute atomic E-state index is 0.0843. The molecule has 2 aliphatic rings. The van der Waals surface area contributed by atoms with E-state index < -0.39 is 11.7 Å². The highest BCUT2D eigenvalue weighted by atomic mass is 19.1. The lowest BCUT2D eigenvalue weighted by Crippen LogP contribution is -2.19. The van der Waals surface area contributed by atoms with Crippen LogP contribution in [0.15, 0.2) is 36.5 Å². The number of nitrogens with zero attached hydrogens (tertiary/aromatic N) is 1. The summed E-state index contributed by atoms with van der Waals surface area (Å²) in [6.45, 7) is 0. The molecule has 2 aromatic rings. The van der Waals surface area contributed by atoms with Crippen molar-refractivity contribution in [2.45, 2.75) is 31.6 Å². The maximum absolute atomic E-state index is 14.0. The minimum atomic E-state index is -0.826. The number of hydrogen-bond donors (Lipinski definition) is 2. The maximum Gasteiger partial charge on any atom is 0.276 e. The van der Waals surface area contributed by atoms with Gasteiger partial charge in [-0.25, -0.2) is 14.9 Å². The molecule has 4 rings (SSSR count). The number of halogens is 1. The Hall–Kier alpha value is -2.47. The number of carbonyl (C=O) groups excluding carboxylic acids is 1. The van der Waals surface area contributed by atoms with Gasteiger partial charge in [0.15, 0.2) is 5.82 Å². The van der Waals surface area contributed by atoms with Gasteiger partial charge >= 0.3 is 0 Å². The van der Waals surface area contributed by atoms with Crippen LogP contribution >= 0.6 is 0 Å². The normalized spacial score (nSPS) is 24.3. The van der Waals surface area contributed by atoms with Crippen LogP contribution in [-0.2, 0) is 0 Å². The molecule has 5 nitrogen and oxygen atoms in total. The first-order chi connectivity index (χ1) is 12.1. The van der Waals surface area contributed by atoms with Crippen LogP contribution in [0.3, 0.4) is 0 Å². The van der Waals surface area contributed by atoms with E-state index in [4.69, 9.17) is 9.94 Å². The van der Waals surface area contributed by atoms with Gasteiger partial charge in [-0.05, 0) is 60.8 Å². The summed E-state index contributed by atoms with van der Waals surface area (Å²) in [5, 5.41) is 8.56. The van der Waals surface area contributed by atoms with Crippen LogP contribution in [0, 0.1) is 17.7 Å². The van der Waals surface area contributed by atoms with Crippen LogP contribution in [0.2, 0.25) is 0 Å². The minimum Gasteiger partial charge on any atom is -0.436 e. The fourth-order valence-electron chi connectivity index (χ4n) is 4.24. The Bertz CT molecular complexity index is 794. The number of amides is 1. The number of fused-ring (bicyclic) bond motifs is 2. The molecule has 1 aromatic heterocycles. The van der Waals surface area contributed by atoms with E-state index in [-0.39, 0.29) is 11.4 Å². The first kappa shape index (κ1) is 16.0. The monoisotopic (exact) mass is 342 g/mol. The number of nitrogens with one attached hydrogen (secondary N) is 1. The second-order valence-corrected chi connectivity index (χ2v) is 6.90. The summed E-state index contributed by atoms with van der Waals surface area (Å²) in [7, 11) is 0. The van der Waals surface area contributed by atoms with Crippen LogP contribution in [0.1, 0.15) is 47.5 Å². The SMILES string of the molecule is O=C(NO)c1cnc(Oc2ccc(C3CC4CC[C@H]3C4)cc2)c(F)c1. The Kier molecular flexibility index (Phi) is 4.13. The number of hydrogen-bond acceptors (Lipinski definition) is 4. The summed E-state index contributed by atoms with van der Waals surface area (Å²) in [5.74, 6) is 1.03. The standard InChI is InChI=1S/C19H19FN2O3/c20-17-9-14(18(23)22-24)10-21-19(17)25-15-5-3-12(4-6-15)16-8-11-1-2-13(16)7-11/h3-6,9-11,13,16,24H,1-2,7-8H2,(H,22,23)/t11?,13-,16?/m0/s1. The molecule has 0 radical (unpaired) electrons. The molecule has 130 valence electrons. The van der Waals surface area contributed by atoms with E-state index in [0.717, 1.165) is 24.1 Å². The second-order valence-electron chi connectivity index (χ2n) is 6.90. The van der Waals surface area contributed by atoms with Crippen LogP contribution in [0.4, 0.5) is 4.39 Å². The highest BCUT2D eigenvalue weighted by Gasteiger charge is 2.39. The molecule has 0 saturated heterocycles. The molecule has 3 atom stereocenters. The summed E-state index contributed by atoms with van der Waals surface area (Å²) in [4.78, 5) is 15.0. The van der Waals surface area contributed by atoms with E-state index in [9.17, 15) is 9.18 Å². The lowest BCUT2D eigenvalue weighted by molar-refractivity contribution is 0.0705. The van der Waals surface area contributed by atoms with Crippen molar-refractivity contribution in [1.82, 2.24) is 10.5 Å². The van der Waals surface area contributed by atoms with Crippen molar-refractivity contribution >= 4 is 5.91 Å². The quantitative estimate of drug-likeness (QED) is 0.650. The molecule has 1 heterocycles. The van der Waals surface area contributed by atoms with E-state index in [1.165, 1.54) is 36.7 Å². The number of aromatic nitrogens is 1. The van der Waals surface area contributed by atoms with Gasteiger partial charge in [0, 0.05) is 6.20 Å². The number of carbonyl (C=O) groups is 1. The first-order valence-corrected chi connectivity index (χ1v) is 8.52. The van der Waals surface area contributed by atoms with Crippen LogP contribution < -0.4 is 10.2 Å². The molecular formula is C19H19FN2O3. The van der Waals surface area contributed by atoms with Crippen molar-refractivity contribution in [3.05, 3.63) is 53.5 Å². The zero-order chi connectivity index (χ0) is 17.4. The Balaban J connectivity index is 1.47. The molecule has 25 heavy (non-hydrogen) atoms. The highest BCUT2D eigenvalue weighted by Crippen LogP contribution is 2.52. The van der Waals surface area contributed by atoms with Crippen molar-refractivity contribution in [3.63, 3.8) is 0 Å². The van der Waals surface area contributed by atoms with Crippen molar-refractivity contribution in [2.24, 2.45) is 11.8 Å². The summed E-state index contributed by atoms with van der Waals surface area (Å²) >= 11 is 0. The van der Waals surface area contributed by atoms with Gasteiger partial charge in [0.2, 0.25) is 0 Å². The van der Waals surface area contributed by atoms with E-state index in [1.54, 1.807) is 0 Å². The Morgan fingerprint density at radius 1 is 1.24 bits per heavy atom. The van der Waals surface area contributed by atoms with Crippen molar-refractivity contribution in [1.29, 1.82) is 0 Å². The zero-order valence-electron chi connectivity index (χ0n) is 13.6. The molecule has 2 saturated carbocycles. The third-order valence-corrected chi connectivity index (χ3v) is 5.43. The van der Waals surface area contributed by atoms with Gasteiger partial charge in [-0.1, -0.05) is 18.6 Å². The van der Waals surface area contributed by atoms with Crippen LogP contribution in [-0.4, -0.2) is 16.1 Å². The number of ether oxygens (including phenoxy) is 1. The largest absolute Gasteiger partial charge is 0.436 e.